The van der Waals surface area contributed by atoms with Crippen molar-refractivity contribution in [2.75, 3.05) is 18.6 Å². The molecule has 2 heterocycles. The Balaban J connectivity index is 1.78. The smallest absolute Gasteiger partial charge is 0.218 e. The Morgan fingerprint density at radius 3 is 2.86 bits per heavy atom. The molecule has 0 aliphatic heterocycles. The van der Waals surface area contributed by atoms with Crippen molar-refractivity contribution in [3.05, 3.63) is 48.5 Å². The zero-order valence-electron chi connectivity index (χ0n) is 12.1. The highest BCUT2D eigenvalue weighted by molar-refractivity contribution is 5.77. The van der Waals surface area contributed by atoms with Crippen LogP contribution in [0.1, 0.15) is 12.7 Å². The van der Waals surface area contributed by atoms with Crippen LogP contribution in [0.15, 0.2) is 47.1 Å². The maximum Gasteiger partial charge on any atom is 0.218 e. The largest absolute Gasteiger partial charge is 0.478 e. The molecule has 0 aliphatic carbocycles. The first-order valence-electron chi connectivity index (χ1n) is 6.89. The summed E-state index contributed by atoms with van der Waals surface area (Å²) in [6.07, 6.45) is 1.51. The monoisotopic (exact) mass is 283 g/mol. The van der Waals surface area contributed by atoms with Crippen molar-refractivity contribution in [2.24, 2.45) is 0 Å². The van der Waals surface area contributed by atoms with E-state index in [1.165, 1.54) is 6.33 Å². The van der Waals surface area contributed by atoms with Crippen molar-refractivity contribution >= 4 is 16.8 Å². The summed E-state index contributed by atoms with van der Waals surface area (Å²) in [5.41, 5.74) is 0.901. The predicted octanol–water partition coefficient (Wildman–Crippen LogP) is 3.26. The van der Waals surface area contributed by atoms with E-state index >= 15 is 0 Å². The summed E-state index contributed by atoms with van der Waals surface area (Å²) in [7, 11) is 1.96. The number of hydrogen-bond donors (Lipinski definition) is 0. The van der Waals surface area contributed by atoms with Gasteiger partial charge < -0.3 is 14.1 Å². The first-order chi connectivity index (χ1) is 10.3. The molecule has 5 nitrogen and oxygen atoms in total. The lowest BCUT2D eigenvalue weighted by molar-refractivity contribution is 0.326. The summed E-state index contributed by atoms with van der Waals surface area (Å²) in [5.74, 6) is 2.28. The average Bonchev–Trinajstić information content (AvgIpc) is 2.90. The normalized spacial score (nSPS) is 10.8. The number of ether oxygens (including phenoxy) is 1. The van der Waals surface area contributed by atoms with Gasteiger partial charge in [0, 0.05) is 18.5 Å². The van der Waals surface area contributed by atoms with E-state index in [0.717, 1.165) is 22.5 Å². The Hall–Kier alpha value is -2.56. The highest BCUT2D eigenvalue weighted by Gasteiger charge is 2.09. The quantitative estimate of drug-likeness (QED) is 0.719. The van der Waals surface area contributed by atoms with Gasteiger partial charge in [-0.15, -0.1) is 0 Å². The van der Waals surface area contributed by atoms with Crippen molar-refractivity contribution < 1.29 is 9.15 Å². The minimum Gasteiger partial charge on any atom is -0.478 e. The van der Waals surface area contributed by atoms with Gasteiger partial charge in [0.1, 0.15) is 23.5 Å². The van der Waals surface area contributed by atoms with Crippen LogP contribution < -0.4 is 9.64 Å². The van der Waals surface area contributed by atoms with Gasteiger partial charge in [-0.3, -0.25) is 0 Å². The molecular formula is C16H17N3O2. The molecule has 108 valence electrons. The van der Waals surface area contributed by atoms with Gasteiger partial charge in [0.25, 0.3) is 0 Å². The van der Waals surface area contributed by atoms with Gasteiger partial charge in [-0.2, -0.15) is 0 Å². The molecule has 0 N–H and O–H groups in total. The van der Waals surface area contributed by atoms with Crippen molar-refractivity contribution in [3.8, 4) is 5.88 Å². The third-order valence-corrected chi connectivity index (χ3v) is 3.18. The van der Waals surface area contributed by atoms with Crippen LogP contribution in [0.3, 0.4) is 0 Å². The Labute approximate surface area is 123 Å². The van der Waals surface area contributed by atoms with Crippen LogP contribution in [0.25, 0.3) is 11.0 Å². The van der Waals surface area contributed by atoms with E-state index in [0.29, 0.717) is 19.0 Å². The molecule has 0 bridgehead atoms. The number of aromatic nitrogens is 2. The zero-order valence-corrected chi connectivity index (χ0v) is 12.1. The summed E-state index contributed by atoms with van der Waals surface area (Å²) >= 11 is 0. The van der Waals surface area contributed by atoms with Gasteiger partial charge in [0.2, 0.25) is 5.88 Å². The minimum atomic E-state index is 0.582. The summed E-state index contributed by atoms with van der Waals surface area (Å²) < 4.78 is 11.2. The van der Waals surface area contributed by atoms with Crippen LogP contribution in [0.5, 0.6) is 5.88 Å². The molecule has 0 saturated carbocycles. The van der Waals surface area contributed by atoms with E-state index in [4.69, 9.17) is 9.15 Å². The number of fused-ring (bicyclic) bond motifs is 1. The Kier molecular flexibility index (Phi) is 3.73. The van der Waals surface area contributed by atoms with E-state index in [9.17, 15) is 0 Å². The number of anilines is 1. The number of furan rings is 1. The second-order valence-corrected chi connectivity index (χ2v) is 4.75. The zero-order chi connectivity index (χ0) is 14.7. The van der Waals surface area contributed by atoms with E-state index in [1.54, 1.807) is 0 Å². The van der Waals surface area contributed by atoms with Crippen LogP contribution in [0.2, 0.25) is 0 Å². The van der Waals surface area contributed by atoms with Crippen LogP contribution in [-0.4, -0.2) is 23.6 Å². The molecule has 0 spiro atoms. The molecule has 5 heteroatoms. The fourth-order valence-electron chi connectivity index (χ4n) is 2.20. The average molecular weight is 283 g/mol. The maximum atomic E-state index is 5.82. The third-order valence-electron chi connectivity index (χ3n) is 3.18. The van der Waals surface area contributed by atoms with E-state index in [-0.39, 0.29) is 0 Å². The Morgan fingerprint density at radius 1 is 1.19 bits per heavy atom. The lowest BCUT2D eigenvalue weighted by atomic mass is 10.2. The highest BCUT2D eigenvalue weighted by atomic mass is 16.5. The molecular weight excluding hydrogens is 266 g/mol. The lowest BCUT2D eigenvalue weighted by Crippen LogP contribution is -2.17. The van der Waals surface area contributed by atoms with Gasteiger partial charge >= 0.3 is 0 Å². The third kappa shape index (κ3) is 2.97. The topological polar surface area (TPSA) is 51.4 Å². The molecule has 0 radical (unpaired) electrons. The SMILES string of the molecule is CCOc1cc(N(C)Cc2cc3ccccc3o2)ncn1. The Morgan fingerprint density at radius 2 is 2.05 bits per heavy atom. The fraction of sp³-hybridized carbons (Fsp3) is 0.250. The molecule has 0 unspecified atom stereocenters. The molecule has 0 atom stereocenters. The maximum absolute atomic E-state index is 5.82. The number of para-hydroxylation sites is 1. The van der Waals surface area contributed by atoms with Gasteiger partial charge in [0.05, 0.1) is 13.2 Å². The molecule has 0 aliphatic rings. The van der Waals surface area contributed by atoms with Crippen molar-refractivity contribution in [1.82, 2.24) is 9.97 Å². The predicted molar refractivity (Wildman–Crippen MR) is 81.5 cm³/mol. The second-order valence-electron chi connectivity index (χ2n) is 4.75. The summed E-state index contributed by atoms with van der Waals surface area (Å²) in [6.45, 7) is 3.15. The molecule has 2 aromatic heterocycles. The minimum absolute atomic E-state index is 0.582. The summed E-state index contributed by atoms with van der Waals surface area (Å²) in [5, 5.41) is 1.11. The molecule has 0 amide bonds. The first-order valence-corrected chi connectivity index (χ1v) is 6.89. The fourth-order valence-corrected chi connectivity index (χ4v) is 2.20. The molecule has 3 rings (SSSR count). The summed E-state index contributed by atoms with van der Waals surface area (Å²) in [4.78, 5) is 10.3. The van der Waals surface area contributed by atoms with Crippen molar-refractivity contribution in [1.29, 1.82) is 0 Å². The standard InChI is InChI=1S/C16H17N3O2/c1-3-20-16-9-15(17-11-18-16)19(2)10-13-8-12-6-4-5-7-14(12)21-13/h4-9,11H,3,10H2,1-2H3. The molecule has 0 saturated heterocycles. The van der Waals surface area contributed by atoms with E-state index in [1.807, 2.05) is 49.2 Å². The molecule has 3 aromatic rings. The Bertz CT molecular complexity index is 706. The van der Waals surface area contributed by atoms with Gasteiger partial charge in [-0.25, -0.2) is 9.97 Å². The van der Waals surface area contributed by atoms with Crippen molar-refractivity contribution in [3.63, 3.8) is 0 Å². The number of rotatable bonds is 5. The number of benzene rings is 1. The summed E-state index contributed by atoms with van der Waals surface area (Å²) in [6, 6.07) is 11.9. The van der Waals surface area contributed by atoms with E-state index in [2.05, 4.69) is 16.0 Å². The second kappa shape index (κ2) is 5.83. The lowest BCUT2D eigenvalue weighted by Gasteiger charge is -2.16. The molecule has 1 aromatic carbocycles. The van der Waals surface area contributed by atoms with Crippen LogP contribution in [0, 0.1) is 0 Å². The highest BCUT2D eigenvalue weighted by Crippen LogP contribution is 2.22. The van der Waals surface area contributed by atoms with Gasteiger partial charge in [0.15, 0.2) is 0 Å². The van der Waals surface area contributed by atoms with Gasteiger partial charge in [-0.1, -0.05) is 18.2 Å². The molecule has 0 fully saturated rings. The number of nitrogens with zero attached hydrogens (tertiary/aromatic N) is 3. The van der Waals surface area contributed by atoms with Crippen LogP contribution >= 0.6 is 0 Å². The first kappa shape index (κ1) is 13.4. The molecule has 21 heavy (non-hydrogen) atoms. The van der Waals surface area contributed by atoms with Crippen LogP contribution in [-0.2, 0) is 6.54 Å². The van der Waals surface area contributed by atoms with E-state index < -0.39 is 0 Å². The number of hydrogen-bond acceptors (Lipinski definition) is 5. The van der Waals surface area contributed by atoms with Crippen LogP contribution in [0.4, 0.5) is 5.82 Å². The van der Waals surface area contributed by atoms with Crippen molar-refractivity contribution in [2.45, 2.75) is 13.5 Å². The van der Waals surface area contributed by atoms with Gasteiger partial charge in [-0.05, 0) is 19.1 Å².